The molecule has 0 heterocycles. The molecule has 0 aromatic carbocycles. The van der Waals surface area contributed by atoms with Gasteiger partial charge in [-0.1, -0.05) is 101 Å². The average Bonchev–Trinajstić information content (AvgIpc) is 2.57. The Bertz CT molecular complexity index is 376. The molecular formula is C20H46OSi4. The second kappa shape index (κ2) is 10.6. The summed E-state index contributed by atoms with van der Waals surface area (Å²) in [6.07, 6.45) is 0. The highest BCUT2D eigenvalue weighted by Crippen LogP contribution is 2.26. The molecule has 0 saturated carbocycles. The van der Waals surface area contributed by atoms with E-state index in [2.05, 4.69) is 90.5 Å². The molecule has 0 amide bonds. The summed E-state index contributed by atoms with van der Waals surface area (Å²) in [5.74, 6) is 0. The van der Waals surface area contributed by atoms with Gasteiger partial charge in [0.1, 0.15) is 0 Å². The minimum Gasteiger partial charge on any atom is -0.449 e. The molecule has 0 bridgehead atoms. The van der Waals surface area contributed by atoms with Gasteiger partial charge >= 0.3 is 0 Å². The van der Waals surface area contributed by atoms with Gasteiger partial charge in [-0.3, -0.25) is 0 Å². The molecule has 0 aromatic rings. The van der Waals surface area contributed by atoms with Gasteiger partial charge < -0.3 is 4.12 Å². The second-order valence-corrected chi connectivity index (χ2v) is 27.1. The third kappa shape index (κ3) is 8.24. The van der Waals surface area contributed by atoms with Gasteiger partial charge in [-0.2, -0.15) is 0 Å². The van der Waals surface area contributed by atoms with Crippen LogP contribution in [0, 0.1) is 0 Å². The van der Waals surface area contributed by atoms with Crippen molar-refractivity contribution in [3.8, 4) is 0 Å². The zero-order valence-electron chi connectivity index (χ0n) is 19.0. The lowest BCUT2D eigenvalue weighted by Crippen LogP contribution is -2.44. The van der Waals surface area contributed by atoms with Crippen molar-refractivity contribution in [2.45, 2.75) is 104 Å². The van der Waals surface area contributed by atoms with Gasteiger partial charge in [-0.05, 0) is 26.2 Å². The number of hydrogen-bond donors (Lipinski definition) is 0. The summed E-state index contributed by atoms with van der Waals surface area (Å²) in [4.78, 5) is 0. The predicted octanol–water partition coefficient (Wildman–Crippen LogP) is 7.70. The first-order chi connectivity index (χ1) is 11.5. The molecule has 0 fully saturated rings. The smallest absolute Gasteiger partial charge is 0.198 e. The standard InChI is InChI=1S/C20H46OSi4/c1-11-24(12-2,13-3)19-17-22(7,8)21-23(9,10)18-20-25(14-4,15-5)16-6/h17-20H,11-16H2,1-10H3/b19-17+,20-18+. The highest BCUT2D eigenvalue weighted by Gasteiger charge is 2.32. The highest BCUT2D eigenvalue weighted by molar-refractivity contribution is 6.93. The summed E-state index contributed by atoms with van der Waals surface area (Å²) in [6.45, 7) is 23.8. The van der Waals surface area contributed by atoms with E-state index < -0.39 is 32.8 Å². The van der Waals surface area contributed by atoms with Crippen LogP contribution in [0.3, 0.4) is 0 Å². The predicted molar refractivity (Wildman–Crippen MR) is 129 cm³/mol. The van der Waals surface area contributed by atoms with Crippen LogP contribution in [0.4, 0.5) is 0 Å². The molecule has 0 atom stereocenters. The van der Waals surface area contributed by atoms with Crippen molar-refractivity contribution in [1.82, 2.24) is 0 Å². The van der Waals surface area contributed by atoms with Crippen molar-refractivity contribution in [3.63, 3.8) is 0 Å². The largest absolute Gasteiger partial charge is 0.449 e. The van der Waals surface area contributed by atoms with Crippen molar-refractivity contribution >= 4 is 32.8 Å². The van der Waals surface area contributed by atoms with E-state index in [-0.39, 0.29) is 0 Å². The topological polar surface area (TPSA) is 9.23 Å². The molecule has 0 aliphatic heterocycles. The average molecular weight is 415 g/mol. The first-order valence-electron chi connectivity index (χ1n) is 10.6. The monoisotopic (exact) mass is 414 g/mol. The van der Waals surface area contributed by atoms with E-state index in [9.17, 15) is 0 Å². The SMILES string of the molecule is CC[Si](/C=C/[Si](C)(C)O[Si](C)(C)/C=C/[Si](CC)(CC)CC)(CC)CC. The summed E-state index contributed by atoms with van der Waals surface area (Å²) in [5, 5.41) is 0. The Morgan fingerprint density at radius 1 is 0.480 bits per heavy atom. The fraction of sp³-hybridized carbons (Fsp3) is 0.800. The van der Waals surface area contributed by atoms with Gasteiger partial charge in [0.2, 0.25) is 0 Å². The first kappa shape index (κ1) is 25.3. The normalized spacial score (nSPS) is 14.8. The van der Waals surface area contributed by atoms with E-state index in [4.69, 9.17) is 4.12 Å². The van der Waals surface area contributed by atoms with Crippen LogP contribution >= 0.6 is 0 Å². The van der Waals surface area contributed by atoms with Crippen LogP contribution in [0.15, 0.2) is 22.8 Å². The summed E-state index contributed by atoms with van der Waals surface area (Å²) < 4.78 is 6.83. The molecule has 0 aliphatic rings. The molecule has 5 heteroatoms. The molecule has 0 aliphatic carbocycles. The molecule has 25 heavy (non-hydrogen) atoms. The molecule has 0 spiro atoms. The Kier molecular flexibility index (Phi) is 10.7. The molecular weight excluding hydrogens is 369 g/mol. The molecule has 0 N–H and O–H groups in total. The first-order valence-corrected chi connectivity index (χ1v) is 22.0. The molecule has 0 radical (unpaired) electrons. The zero-order valence-corrected chi connectivity index (χ0v) is 23.0. The quantitative estimate of drug-likeness (QED) is 0.297. The Balaban J connectivity index is 5.25. The lowest BCUT2D eigenvalue weighted by Gasteiger charge is -2.33. The Morgan fingerprint density at radius 3 is 0.920 bits per heavy atom. The molecule has 0 saturated heterocycles. The van der Waals surface area contributed by atoms with Crippen molar-refractivity contribution in [2.24, 2.45) is 0 Å². The van der Waals surface area contributed by atoms with E-state index in [1.807, 2.05) is 0 Å². The van der Waals surface area contributed by atoms with Crippen LogP contribution in [-0.4, -0.2) is 32.8 Å². The van der Waals surface area contributed by atoms with E-state index >= 15 is 0 Å². The third-order valence-electron chi connectivity index (χ3n) is 6.43. The van der Waals surface area contributed by atoms with Crippen LogP contribution in [-0.2, 0) is 4.12 Å². The summed E-state index contributed by atoms with van der Waals surface area (Å²) in [6, 6.07) is 8.16. The fourth-order valence-electron chi connectivity index (χ4n) is 3.71. The summed E-state index contributed by atoms with van der Waals surface area (Å²) >= 11 is 0. The van der Waals surface area contributed by atoms with Crippen LogP contribution in [0.2, 0.25) is 62.5 Å². The Morgan fingerprint density at radius 2 is 0.720 bits per heavy atom. The van der Waals surface area contributed by atoms with Crippen LogP contribution in [0.1, 0.15) is 41.5 Å². The third-order valence-corrected chi connectivity index (χ3v) is 23.4. The van der Waals surface area contributed by atoms with E-state index in [0.717, 1.165) is 0 Å². The van der Waals surface area contributed by atoms with Gasteiger partial charge in [-0.15, -0.1) is 0 Å². The van der Waals surface area contributed by atoms with Crippen LogP contribution < -0.4 is 0 Å². The minimum absolute atomic E-state index is 1.19. The van der Waals surface area contributed by atoms with Gasteiger partial charge in [0.25, 0.3) is 0 Å². The van der Waals surface area contributed by atoms with Crippen molar-refractivity contribution < 1.29 is 4.12 Å². The molecule has 0 unspecified atom stereocenters. The maximum atomic E-state index is 6.83. The van der Waals surface area contributed by atoms with Crippen LogP contribution in [0.5, 0.6) is 0 Å². The maximum absolute atomic E-state index is 6.83. The highest BCUT2D eigenvalue weighted by atomic mass is 28.4. The van der Waals surface area contributed by atoms with Gasteiger partial charge in [0.15, 0.2) is 16.6 Å². The number of hydrogen-bond acceptors (Lipinski definition) is 1. The van der Waals surface area contributed by atoms with Crippen molar-refractivity contribution in [2.75, 3.05) is 0 Å². The Hall–Kier alpha value is 0.308. The minimum atomic E-state index is -1.74. The van der Waals surface area contributed by atoms with Crippen molar-refractivity contribution in [1.29, 1.82) is 0 Å². The van der Waals surface area contributed by atoms with Crippen molar-refractivity contribution in [3.05, 3.63) is 22.8 Å². The van der Waals surface area contributed by atoms with E-state index in [0.29, 0.717) is 0 Å². The second-order valence-electron chi connectivity index (χ2n) is 8.82. The van der Waals surface area contributed by atoms with Crippen LogP contribution in [0.25, 0.3) is 0 Å². The zero-order chi connectivity index (χ0) is 19.8. The lowest BCUT2D eigenvalue weighted by atomic mass is 10.9. The Labute approximate surface area is 163 Å². The fourth-order valence-corrected chi connectivity index (χ4v) is 20.1. The van der Waals surface area contributed by atoms with Gasteiger partial charge in [0.05, 0.1) is 16.1 Å². The van der Waals surface area contributed by atoms with Gasteiger partial charge in [-0.25, -0.2) is 0 Å². The molecule has 0 rings (SSSR count). The van der Waals surface area contributed by atoms with E-state index in [1.165, 1.54) is 36.3 Å². The summed E-state index contributed by atoms with van der Waals surface area (Å²) in [5.41, 5.74) is 10.3. The lowest BCUT2D eigenvalue weighted by molar-refractivity contribution is 0.571. The molecule has 0 aromatic heterocycles. The number of rotatable bonds is 12. The molecule has 1 nitrogen and oxygen atoms in total. The molecule has 148 valence electrons. The maximum Gasteiger partial charge on any atom is 0.198 e. The van der Waals surface area contributed by atoms with Gasteiger partial charge in [0, 0.05) is 0 Å². The summed E-state index contributed by atoms with van der Waals surface area (Å²) in [7, 11) is -5.87. The van der Waals surface area contributed by atoms with E-state index in [1.54, 1.807) is 0 Å².